The van der Waals surface area contributed by atoms with Crippen LogP contribution in [-0.4, -0.2) is 20.8 Å². The van der Waals surface area contributed by atoms with Gasteiger partial charge in [0.1, 0.15) is 0 Å². The van der Waals surface area contributed by atoms with Gasteiger partial charge >= 0.3 is 0 Å². The first kappa shape index (κ1) is 18.0. The smallest absolute Gasteiger partial charge is 0.221 e. The van der Waals surface area contributed by atoms with Crippen LogP contribution in [0.25, 0.3) is 27.7 Å². The van der Waals surface area contributed by atoms with E-state index in [9.17, 15) is 14.3 Å². The van der Waals surface area contributed by atoms with E-state index in [2.05, 4.69) is 10.4 Å². The maximum absolute atomic E-state index is 13.3. The molecule has 0 saturated heterocycles. The Morgan fingerprint density at radius 1 is 1.14 bits per heavy atom. The molecule has 4 aromatic rings. The number of anilines is 1. The molecule has 0 radical (unpaired) electrons. The molecule has 4 rings (SSSR count). The van der Waals surface area contributed by atoms with Crippen molar-refractivity contribution in [2.45, 2.75) is 6.92 Å². The minimum atomic E-state index is -0.681. The number of aromatic hydroxyl groups is 1. The second-order valence-corrected chi connectivity index (χ2v) is 6.75. The number of amides is 1. The lowest BCUT2D eigenvalue weighted by Gasteiger charge is -2.09. The van der Waals surface area contributed by atoms with E-state index >= 15 is 0 Å². The zero-order valence-corrected chi connectivity index (χ0v) is 15.5. The molecule has 0 atom stereocenters. The van der Waals surface area contributed by atoms with Crippen molar-refractivity contribution < 1.29 is 14.3 Å². The highest BCUT2D eigenvalue weighted by Gasteiger charge is 2.11. The van der Waals surface area contributed by atoms with Gasteiger partial charge in [-0.2, -0.15) is 5.10 Å². The van der Waals surface area contributed by atoms with Crippen molar-refractivity contribution in [3.63, 3.8) is 0 Å². The fourth-order valence-corrected chi connectivity index (χ4v) is 3.36. The van der Waals surface area contributed by atoms with E-state index in [4.69, 9.17) is 11.6 Å². The first-order valence-corrected chi connectivity index (χ1v) is 8.84. The Bertz CT molecular complexity index is 1220. The zero-order chi connectivity index (χ0) is 19.8. The van der Waals surface area contributed by atoms with Crippen LogP contribution < -0.4 is 5.32 Å². The van der Waals surface area contributed by atoms with E-state index in [1.807, 2.05) is 24.3 Å². The summed E-state index contributed by atoms with van der Waals surface area (Å²) in [5.41, 5.74) is 3.71. The largest absolute Gasteiger partial charge is 0.505 e. The standard InChI is InChI=1S/C21H15ClFN3O2/c1-12(27)25-15-3-5-17(18(22)9-15)13-2-7-20-14(8-13)11-24-26(20)16-4-6-19(23)21(28)10-16/h2-11,28H,1H3,(H,25,27). The highest BCUT2D eigenvalue weighted by Crippen LogP contribution is 2.33. The Balaban J connectivity index is 1.73. The summed E-state index contributed by atoms with van der Waals surface area (Å²) in [4.78, 5) is 11.2. The summed E-state index contributed by atoms with van der Waals surface area (Å²) in [5.74, 6) is -1.27. The Hall–Kier alpha value is -3.38. The van der Waals surface area contributed by atoms with Gasteiger partial charge in [-0.15, -0.1) is 0 Å². The normalized spacial score (nSPS) is 11.0. The van der Waals surface area contributed by atoms with Crippen LogP contribution in [0, 0.1) is 5.82 Å². The number of carbonyl (C=O) groups excluding carboxylic acids is 1. The topological polar surface area (TPSA) is 67.2 Å². The van der Waals surface area contributed by atoms with Crippen molar-refractivity contribution in [3.05, 3.63) is 71.6 Å². The highest BCUT2D eigenvalue weighted by atomic mass is 35.5. The lowest BCUT2D eigenvalue weighted by molar-refractivity contribution is -0.114. The van der Waals surface area contributed by atoms with E-state index in [1.165, 1.54) is 19.1 Å². The molecule has 1 amide bonds. The number of carbonyl (C=O) groups is 1. The Kier molecular flexibility index (Phi) is 4.49. The van der Waals surface area contributed by atoms with Gasteiger partial charge in [0, 0.05) is 29.6 Å². The van der Waals surface area contributed by atoms with E-state index in [0.29, 0.717) is 16.4 Å². The van der Waals surface area contributed by atoms with E-state index in [-0.39, 0.29) is 5.91 Å². The summed E-state index contributed by atoms with van der Waals surface area (Å²) < 4.78 is 14.9. The van der Waals surface area contributed by atoms with Crippen molar-refractivity contribution in [3.8, 4) is 22.6 Å². The third-order valence-electron chi connectivity index (χ3n) is 4.34. The van der Waals surface area contributed by atoms with Crippen LogP contribution in [0.5, 0.6) is 5.75 Å². The molecule has 3 aromatic carbocycles. The van der Waals surface area contributed by atoms with Crippen molar-refractivity contribution >= 4 is 34.1 Å². The number of halogens is 2. The van der Waals surface area contributed by atoms with Crippen LogP contribution in [-0.2, 0) is 4.79 Å². The van der Waals surface area contributed by atoms with Crippen LogP contribution in [0.15, 0.2) is 60.8 Å². The van der Waals surface area contributed by atoms with Crippen LogP contribution in [0.2, 0.25) is 5.02 Å². The number of phenolic OH excluding ortho intramolecular Hbond substituents is 1. The molecule has 2 N–H and O–H groups in total. The molecule has 0 aliphatic heterocycles. The maximum Gasteiger partial charge on any atom is 0.221 e. The van der Waals surface area contributed by atoms with Gasteiger partial charge in [0.25, 0.3) is 0 Å². The summed E-state index contributed by atoms with van der Waals surface area (Å²) in [5, 5.41) is 18.0. The molecular weight excluding hydrogens is 381 g/mol. The molecule has 0 saturated carbocycles. The number of hydrogen-bond donors (Lipinski definition) is 2. The second kappa shape index (κ2) is 6.98. The first-order valence-electron chi connectivity index (χ1n) is 8.46. The fourth-order valence-electron chi connectivity index (χ4n) is 3.07. The van der Waals surface area contributed by atoms with Gasteiger partial charge in [-0.3, -0.25) is 4.79 Å². The molecule has 1 aromatic heterocycles. The average Bonchev–Trinajstić information content (AvgIpc) is 3.07. The van der Waals surface area contributed by atoms with Crippen LogP contribution >= 0.6 is 11.6 Å². The van der Waals surface area contributed by atoms with Crippen LogP contribution in [0.3, 0.4) is 0 Å². The number of nitrogens with one attached hydrogen (secondary N) is 1. The monoisotopic (exact) mass is 395 g/mol. The van der Waals surface area contributed by atoms with Gasteiger partial charge in [-0.25, -0.2) is 9.07 Å². The number of fused-ring (bicyclic) bond motifs is 1. The van der Waals surface area contributed by atoms with E-state index < -0.39 is 11.6 Å². The number of aromatic nitrogens is 2. The maximum atomic E-state index is 13.3. The predicted molar refractivity (Wildman–Crippen MR) is 107 cm³/mol. The molecule has 28 heavy (non-hydrogen) atoms. The number of benzene rings is 3. The molecule has 7 heteroatoms. The Morgan fingerprint density at radius 3 is 2.68 bits per heavy atom. The molecular formula is C21H15ClFN3O2. The Labute approximate surface area is 165 Å². The number of rotatable bonds is 3. The summed E-state index contributed by atoms with van der Waals surface area (Å²) in [6.45, 7) is 1.44. The number of nitrogens with zero attached hydrogens (tertiary/aromatic N) is 2. The van der Waals surface area contributed by atoms with Gasteiger partial charge in [0.2, 0.25) is 5.91 Å². The summed E-state index contributed by atoms with van der Waals surface area (Å²) in [6.07, 6.45) is 1.69. The summed E-state index contributed by atoms with van der Waals surface area (Å²) >= 11 is 6.40. The SMILES string of the molecule is CC(=O)Nc1ccc(-c2ccc3c(cnn3-c3ccc(F)c(O)c3)c2)c(Cl)c1. The molecule has 0 unspecified atom stereocenters. The van der Waals surface area contributed by atoms with Gasteiger partial charge in [-0.05, 0) is 42.0 Å². The summed E-state index contributed by atoms with van der Waals surface area (Å²) in [6, 6.07) is 15.1. The lowest BCUT2D eigenvalue weighted by atomic mass is 10.0. The quantitative estimate of drug-likeness (QED) is 0.504. The second-order valence-electron chi connectivity index (χ2n) is 6.34. The number of hydrogen-bond acceptors (Lipinski definition) is 3. The molecule has 0 aliphatic rings. The summed E-state index contributed by atoms with van der Waals surface area (Å²) in [7, 11) is 0. The van der Waals surface area contributed by atoms with Crippen molar-refractivity contribution in [1.82, 2.24) is 9.78 Å². The highest BCUT2D eigenvalue weighted by molar-refractivity contribution is 6.33. The lowest BCUT2D eigenvalue weighted by Crippen LogP contribution is -2.05. The van der Waals surface area contributed by atoms with Gasteiger partial charge in [0.05, 0.1) is 22.4 Å². The number of phenols is 1. The van der Waals surface area contributed by atoms with Gasteiger partial charge in [0.15, 0.2) is 11.6 Å². The van der Waals surface area contributed by atoms with Gasteiger partial charge < -0.3 is 10.4 Å². The first-order chi connectivity index (χ1) is 13.4. The van der Waals surface area contributed by atoms with Crippen LogP contribution in [0.1, 0.15) is 6.92 Å². The molecule has 0 aliphatic carbocycles. The van der Waals surface area contributed by atoms with Gasteiger partial charge in [-0.1, -0.05) is 23.7 Å². The molecule has 140 valence electrons. The van der Waals surface area contributed by atoms with E-state index in [1.54, 1.807) is 29.1 Å². The van der Waals surface area contributed by atoms with Crippen LogP contribution in [0.4, 0.5) is 10.1 Å². The predicted octanol–water partition coefficient (Wildman–Crippen LogP) is 5.15. The average molecular weight is 396 g/mol. The molecule has 0 bridgehead atoms. The molecule has 5 nitrogen and oxygen atoms in total. The Morgan fingerprint density at radius 2 is 1.96 bits per heavy atom. The van der Waals surface area contributed by atoms with E-state index in [0.717, 1.165) is 22.0 Å². The zero-order valence-electron chi connectivity index (χ0n) is 14.8. The third kappa shape index (κ3) is 3.30. The third-order valence-corrected chi connectivity index (χ3v) is 4.66. The van der Waals surface area contributed by atoms with Crippen molar-refractivity contribution in [2.75, 3.05) is 5.32 Å². The van der Waals surface area contributed by atoms with Crippen molar-refractivity contribution in [1.29, 1.82) is 0 Å². The fraction of sp³-hybridized carbons (Fsp3) is 0.0476. The molecule has 0 fully saturated rings. The minimum Gasteiger partial charge on any atom is -0.505 e. The minimum absolute atomic E-state index is 0.163. The molecule has 1 heterocycles. The van der Waals surface area contributed by atoms with Crippen molar-refractivity contribution in [2.24, 2.45) is 0 Å². The molecule has 0 spiro atoms.